The van der Waals surface area contributed by atoms with Gasteiger partial charge < -0.3 is 10.2 Å². The summed E-state index contributed by atoms with van der Waals surface area (Å²) in [5.41, 5.74) is 0.683. The van der Waals surface area contributed by atoms with E-state index in [9.17, 15) is 14.3 Å². The van der Waals surface area contributed by atoms with Crippen LogP contribution in [0.3, 0.4) is 0 Å². The first-order valence-corrected chi connectivity index (χ1v) is 6.35. The van der Waals surface area contributed by atoms with E-state index in [1.165, 1.54) is 12.1 Å². The second kappa shape index (κ2) is 5.34. The minimum atomic E-state index is -0.956. The van der Waals surface area contributed by atoms with E-state index in [2.05, 4.69) is 15.9 Å². The highest BCUT2D eigenvalue weighted by molar-refractivity contribution is 9.10. The van der Waals surface area contributed by atoms with Crippen molar-refractivity contribution in [3.05, 3.63) is 34.1 Å². The summed E-state index contributed by atoms with van der Waals surface area (Å²) in [5.74, 6) is -1.33. The first-order valence-electron chi connectivity index (χ1n) is 5.55. The van der Waals surface area contributed by atoms with Gasteiger partial charge in [-0.3, -0.25) is 9.69 Å². The van der Waals surface area contributed by atoms with E-state index in [1.54, 1.807) is 11.0 Å². The molecule has 1 heterocycles. The lowest BCUT2D eigenvalue weighted by Crippen LogP contribution is -2.35. The van der Waals surface area contributed by atoms with Crippen molar-refractivity contribution in [1.82, 2.24) is 4.90 Å². The van der Waals surface area contributed by atoms with Crippen molar-refractivity contribution in [2.24, 2.45) is 0 Å². The third-order valence-electron chi connectivity index (χ3n) is 2.97. The molecule has 1 aliphatic heterocycles. The number of halogens is 2. The maximum Gasteiger partial charge on any atom is 0.321 e. The number of β-amino-alcohol motifs (C(OH)–C–C–N with tert-alkyl or cyclic N) is 1. The quantitative estimate of drug-likeness (QED) is 0.889. The third kappa shape index (κ3) is 3.07. The Balaban J connectivity index is 2.14. The van der Waals surface area contributed by atoms with Gasteiger partial charge in [0, 0.05) is 24.0 Å². The van der Waals surface area contributed by atoms with E-state index in [1.807, 2.05) is 0 Å². The topological polar surface area (TPSA) is 60.8 Å². The van der Waals surface area contributed by atoms with Gasteiger partial charge in [0.2, 0.25) is 0 Å². The maximum absolute atomic E-state index is 13.2. The van der Waals surface area contributed by atoms with Crippen LogP contribution in [0, 0.1) is 5.82 Å². The molecule has 1 fully saturated rings. The molecule has 2 N–H and O–H groups in total. The van der Waals surface area contributed by atoms with E-state index in [-0.39, 0.29) is 12.2 Å². The normalized spacial score (nSPS) is 24.4. The van der Waals surface area contributed by atoms with Crippen LogP contribution in [0.25, 0.3) is 0 Å². The van der Waals surface area contributed by atoms with Gasteiger partial charge in [0.15, 0.2) is 0 Å². The Morgan fingerprint density at radius 2 is 2.22 bits per heavy atom. The number of rotatable bonds is 3. The van der Waals surface area contributed by atoms with Gasteiger partial charge in [0.05, 0.1) is 6.10 Å². The molecule has 0 spiro atoms. The molecule has 2 atom stereocenters. The van der Waals surface area contributed by atoms with Crippen molar-refractivity contribution in [3.8, 4) is 0 Å². The fourth-order valence-corrected chi connectivity index (χ4v) is 2.76. The number of benzene rings is 1. The molecule has 6 heteroatoms. The van der Waals surface area contributed by atoms with Crippen LogP contribution in [0.5, 0.6) is 0 Å². The average Bonchev–Trinajstić information content (AvgIpc) is 2.57. The number of carboxylic acid groups (broad SMARTS) is 1. The van der Waals surface area contributed by atoms with Crippen LogP contribution >= 0.6 is 15.9 Å². The lowest BCUT2D eigenvalue weighted by Gasteiger charge is -2.20. The summed E-state index contributed by atoms with van der Waals surface area (Å²) in [5, 5.41) is 18.6. The monoisotopic (exact) mass is 317 g/mol. The third-order valence-corrected chi connectivity index (χ3v) is 3.43. The zero-order valence-electron chi connectivity index (χ0n) is 9.51. The van der Waals surface area contributed by atoms with Crippen LogP contribution in [0.2, 0.25) is 0 Å². The molecule has 0 aromatic heterocycles. The van der Waals surface area contributed by atoms with Gasteiger partial charge in [0.1, 0.15) is 11.9 Å². The Hall–Kier alpha value is -0.980. The first kappa shape index (κ1) is 13.5. The second-order valence-electron chi connectivity index (χ2n) is 4.45. The molecule has 0 aliphatic carbocycles. The minimum Gasteiger partial charge on any atom is -0.480 e. The molecule has 0 amide bonds. The fraction of sp³-hybridized carbons (Fsp3) is 0.417. The van der Waals surface area contributed by atoms with Crippen molar-refractivity contribution in [2.75, 3.05) is 6.54 Å². The second-order valence-corrected chi connectivity index (χ2v) is 5.37. The number of aliphatic hydroxyl groups is 1. The molecule has 1 aromatic carbocycles. The summed E-state index contributed by atoms with van der Waals surface area (Å²) < 4.78 is 13.8. The van der Waals surface area contributed by atoms with E-state index < -0.39 is 18.1 Å². The van der Waals surface area contributed by atoms with Crippen molar-refractivity contribution in [1.29, 1.82) is 0 Å². The molecular formula is C12H13BrFNO3. The fourth-order valence-electron chi connectivity index (χ4n) is 2.25. The Bertz CT molecular complexity index is 448. The lowest BCUT2D eigenvalue weighted by atomic mass is 10.1. The van der Waals surface area contributed by atoms with E-state index in [0.29, 0.717) is 23.1 Å². The molecular weight excluding hydrogens is 305 g/mol. The average molecular weight is 318 g/mol. The van der Waals surface area contributed by atoms with Gasteiger partial charge in [-0.2, -0.15) is 0 Å². The summed E-state index contributed by atoms with van der Waals surface area (Å²) in [4.78, 5) is 12.7. The molecule has 2 unspecified atom stereocenters. The van der Waals surface area contributed by atoms with Crippen LogP contribution < -0.4 is 0 Å². The Morgan fingerprint density at radius 3 is 2.83 bits per heavy atom. The largest absolute Gasteiger partial charge is 0.480 e. The van der Waals surface area contributed by atoms with Gasteiger partial charge in [-0.15, -0.1) is 0 Å². The van der Waals surface area contributed by atoms with Crippen LogP contribution in [0.4, 0.5) is 4.39 Å². The standard InChI is InChI=1S/C12H13BrFNO3/c13-8-1-7(2-9(14)3-8)5-15-6-10(16)4-11(15)12(17)18/h1-3,10-11,16H,4-6H2,(H,17,18). The Labute approximate surface area is 112 Å². The highest BCUT2D eigenvalue weighted by Crippen LogP contribution is 2.23. The first-order chi connectivity index (χ1) is 8.45. The van der Waals surface area contributed by atoms with Crippen LogP contribution in [-0.4, -0.2) is 39.8 Å². The predicted molar refractivity (Wildman–Crippen MR) is 66.6 cm³/mol. The van der Waals surface area contributed by atoms with Gasteiger partial charge >= 0.3 is 5.97 Å². The molecule has 0 saturated carbocycles. The zero-order valence-corrected chi connectivity index (χ0v) is 11.1. The molecule has 4 nitrogen and oxygen atoms in total. The smallest absolute Gasteiger partial charge is 0.321 e. The van der Waals surface area contributed by atoms with Crippen LogP contribution in [0.1, 0.15) is 12.0 Å². The van der Waals surface area contributed by atoms with Crippen molar-refractivity contribution >= 4 is 21.9 Å². The molecule has 18 heavy (non-hydrogen) atoms. The lowest BCUT2D eigenvalue weighted by molar-refractivity contribution is -0.142. The molecule has 2 rings (SSSR count). The predicted octanol–water partition coefficient (Wildman–Crippen LogP) is 1.61. The van der Waals surface area contributed by atoms with Gasteiger partial charge in [0.25, 0.3) is 0 Å². The van der Waals surface area contributed by atoms with E-state index in [4.69, 9.17) is 5.11 Å². The van der Waals surface area contributed by atoms with E-state index in [0.717, 1.165) is 0 Å². The number of carboxylic acids is 1. The van der Waals surface area contributed by atoms with Gasteiger partial charge in [-0.05, 0) is 23.8 Å². The Kier molecular flexibility index (Phi) is 3.99. The highest BCUT2D eigenvalue weighted by Gasteiger charge is 2.35. The summed E-state index contributed by atoms with van der Waals surface area (Å²) in [6, 6.07) is 3.75. The summed E-state index contributed by atoms with van der Waals surface area (Å²) in [6.07, 6.45) is -0.422. The number of hydrogen-bond donors (Lipinski definition) is 2. The minimum absolute atomic E-state index is 0.214. The zero-order chi connectivity index (χ0) is 13.3. The number of hydrogen-bond acceptors (Lipinski definition) is 3. The van der Waals surface area contributed by atoms with Gasteiger partial charge in [-0.1, -0.05) is 15.9 Å². The number of likely N-dealkylation sites (tertiary alicyclic amines) is 1. The van der Waals surface area contributed by atoms with Crippen LogP contribution in [0.15, 0.2) is 22.7 Å². The Morgan fingerprint density at radius 1 is 1.50 bits per heavy atom. The highest BCUT2D eigenvalue weighted by atomic mass is 79.9. The maximum atomic E-state index is 13.2. The SMILES string of the molecule is O=C(O)C1CC(O)CN1Cc1cc(F)cc(Br)c1. The van der Waals surface area contributed by atoms with Gasteiger partial charge in [-0.25, -0.2) is 4.39 Å². The van der Waals surface area contributed by atoms with Crippen molar-refractivity contribution in [3.63, 3.8) is 0 Å². The number of aliphatic hydroxyl groups excluding tert-OH is 1. The summed E-state index contributed by atoms with van der Waals surface area (Å²) >= 11 is 3.19. The number of carbonyl (C=O) groups is 1. The molecule has 1 aliphatic rings. The van der Waals surface area contributed by atoms with Crippen LogP contribution in [-0.2, 0) is 11.3 Å². The molecule has 0 radical (unpaired) electrons. The molecule has 98 valence electrons. The van der Waals surface area contributed by atoms with Crippen molar-refractivity contribution < 1.29 is 19.4 Å². The number of nitrogens with zero attached hydrogens (tertiary/aromatic N) is 1. The number of aliphatic carboxylic acids is 1. The summed E-state index contributed by atoms with van der Waals surface area (Å²) in [6.45, 7) is 0.607. The van der Waals surface area contributed by atoms with E-state index >= 15 is 0 Å². The molecule has 0 bridgehead atoms. The summed E-state index contributed by atoms with van der Waals surface area (Å²) in [7, 11) is 0. The molecule has 1 saturated heterocycles. The molecule has 1 aromatic rings. The van der Waals surface area contributed by atoms with Crippen molar-refractivity contribution in [2.45, 2.75) is 25.1 Å².